The van der Waals surface area contributed by atoms with E-state index >= 15 is 0 Å². The van der Waals surface area contributed by atoms with Gasteiger partial charge in [-0.05, 0) is 62.4 Å². The van der Waals surface area contributed by atoms with Gasteiger partial charge in [0.1, 0.15) is 12.4 Å². The molecule has 3 aromatic rings. The number of nitrogens with zero attached hydrogens (tertiary/aromatic N) is 2. The minimum atomic E-state index is -0.0527. The van der Waals surface area contributed by atoms with Gasteiger partial charge in [-0.1, -0.05) is 36.2 Å². The zero-order valence-electron chi connectivity index (χ0n) is 18.6. The maximum atomic E-state index is 11.4. The van der Waals surface area contributed by atoms with Crippen molar-refractivity contribution >= 4 is 16.9 Å². The van der Waals surface area contributed by atoms with Gasteiger partial charge in [0, 0.05) is 26.6 Å². The molecule has 0 saturated heterocycles. The number of fused-ring (bicyclic) bond motifs is 1. The van der Waals surface area contributed by atoms with Crippen LogP contribution in [0.3, 0.4) is 0 Å². The summed E-state index contributed by atoms with van der Waals surface area (Å²) in [6.45, 7) is 8.22. The first-order valence-electron chi connectivity index (χ1n) is 10.8. The Bertz CT molecular complexity index is 984. The molecule has 0 aliphatic heterocycles. The predicted octanol–water partition coefficient (Wildman–Crippen LogP) is 4.49. The van der Waals surface area contributed by atoms with Crippen molar-refractivity contribution in [3.8, 4) is 0 Å². The summed E-state index contributed by atoms with van der Waals surface area (Å²) in [6.07, 6.45) is 4.00. The molecule has 0 atom stereocenters. The lowest BCUT2D eigenvalue weighted by atomic mass is 9.99. The maximum Gasteiger partial charge on any atom is 0.245 e. The molecule has 30 heavy (non-hydrogen) atoms. The van der Waals surface area contributed by atoms with Crippen molar-refractivity contribution in [1.29, 1.82) is 0 Å². The normalized spacial score (nSPS) is 11.2. The molecule has 2 aromatic carbocycles. The molecular formula is C25H33N3O2. The topological polar surface area (TPSA) is 56.1 Å². The molecule has 5 nitrogen and oxygen atoms in total. The number of rotatable bonds is 10. The number of methoxy groups -OCH3 is 1. The van der Waals surface area contributed by atoms with Gasteiger partial charge in [0.2, 0.25) is 5.91 Å². The summed E-state index contributed by atoms with van der Waals surface area (Å²) in [6, 6.07) is 12.9. The molecule has 0 aliphatic carbocycles. The lowest BCUT2D eigenvalue weighted by Crippen LogP contribution is -2.27. The highest BCUT2D eigenvalue weighted by Crippen LogP contribution is 2.23. The van der Waals surface area contributed by atoms with Crippen LogP contribution in [0.25, 0.3) is 11.0 Å². The van der Waals surface area contributed by atoms with Crippen LogP contribution in [-0.2, 0) is 22.5 Å². The van der Waals surface area contributed by atoms with E-state index in [1.807, 2.05) is 0 Å². The van der Waals surface area contributed by atoms with Gasteiger partial charge in [0.25, 0.3) is 0 Å². The van der Waals surface area contributed by atoms with Gasteiger partial charge in [0.15, 0.2) is 0 Å². The number of imidazole rings is 1. The van der Waals surface area contributed by atoms with Crippen molar-refractivity contribution in [2.24, 2.45) is 0 Å². The Morgan fingerprint density at radius 1 is 1.07 bits per heavy atom. The van der Waals surface area contributed by atoms with Crippen LogP contribution in [0.15, 0.2) is 36.4 Å². The molecule has 1 amide bonds. The molecule has 0 unspecified atom stereocenters. The molecule has 0 spiro atoms. The summed E-state index contributed by atoms with van der Waals surface area (Å²) in [4.78, 5) is 16.4. The number of unbranched alkanes of at least 4 members (excludes halogenated alkanes) is 2. The molecule has 0 bridgehead atoms. The van der Waals surface area contributed by atoms with Gasteiger partial charge in [-0.25, -0.2) is 4.98 Å². The summed E-state index contributed by atoms with van der Waals surface area (Å²) >= 11 is 0. The molecule has 1 aromatic heterocycles. The summed E-state index contributed by atoms with van der Waals surface area (Å²) in [5, 5.41) is 2.88. The zero-order chi connectivity index (χ0) is 21.5. The van der Waals surface area contributed by atoms with Gasteiger partial charge < -0.3 is 14.6 Å². The molecule has 0 saturated carbocycles. The third kappa shape index (κ3) is 5.48. The molecule has 1 heterocycles. The molecule has 0 radical (unpaired) electrons. The van der Waals surface area contributed by atoms with Crippen LogP contribution in [-0.4, -0.2) is 35.7 Å². The minimum Gasteiger partial charge on any atom is -0.375 e. The average Bonchev–Trinajstić information content (AvgIpc) is 3.05. The summed E-state index contributed by atoms with van der Waals surface area (Å²) < 4.78 is 7.21. The number of amides is 1. The Morgan fingerprint density at radius 3 is 2.53 bits per heavy atom. The molecule has 1 N–H and O–H groups in total. The Kier molecular flexibility index (Phi) is 7.63. The van der Waals surface area contributed by atoms with E-state index in [-0.39, 0.29) is 12.5 Å². The summed E-state index contributed by atoms with van der Waals surface area (Å²) in [7, 11) is 1.53. The van der Waals surface area contributed by atoms with Gasteiger partial charge in [-0.3, -0.25) is 4.79 Å². The number of aryl methyl sites for hydroxylation is 4. The first-order chi connectivity index (χ1) is 14.5. The van der Waals surface area contributed by atoms with Crippen LogP contribution in [0.2, 0.25) is 0 Å². The number of ether oxygens (including phenoxy) is 1. The van der Waals surface area contributed by atoms with Gasteiger partial charge in [0.05, 0.1) is 11.0 Å². The van der Waals surface area contributed by atoms with Gasteiger partial charge in [-0.2, -0.15) is 0 Å². The number of nitrogens with one attached hydrogen (secondary N) is 1. The highest BCUT2D eigenvalue weighted by atomic mass is 16.5. The van der Waals surface area contributed by atoms with Crippen molar-refractivity contribution in [2.75, 3.05) is 20.3 Å². The second-order valence-electron chi connectivity index (χ2n) is 8.07. The van der Waals surface area contributed by atoms with Crippen LogP contribution in [0, 0.1) is 20.8 Å². The molecule has 5 heteroatoms. The van der Waals surface area contributed by atoms with E-state index < -0.39 is 0 Å². The van der Waals surface area contributed by atoms with Crippen LogP contribution in [0.5, 0.6) is 0 Å². The number of hydrogen-bond donors (Lipinski definition) is 1. The molecule has 0 aliphatic rings. The van der Waals surface area contributed by atoms with Crippen molar-refractivity contribution in [3.05, 3.63) is 64.5 Å². The zero-order valence-corrected chi connectivity index (χ0v) is 18.6. The number of aromatic nitrogens is 2. The third-order valence-electron chi connectivity index (χ3n) is 5.56. The van der Waals surface area contributed by atoms with E-state index in [9.17, 15) is 4.79 Å². The van der Waals surface area contributed by atoms with E-state index in [0.29, 0.717) is 6.54 Å². The maximum absolute atomic E-state index is 11.4. The van der Waals surface area contributed by atoms with Crippen molar-refractivity contribution in [3.63, 3.8) is 0 Å². The molecule has 160 valence electrons. The van der Waals surface area contributed by atoms with Crippen LogP contribution in [0.4, 0.5) is 0 Å². The smallest absolute Gasteiger partial charge is 0.245 e. The van der Waals surface area contributed by atoms with Crippen LogP contribution >= 0.6 is 0 Å². The number of hydrogen-bond acceptors (Lipinski definition) is 3. The lowest BCUT2D eigenvalue weighted by molar-refractivity contribution is -0.124. The van der Waals surface area contributed by atoms with Crippen molar-refractivity contribution in [2.45, 2.75) is 53.0 Å². The molecular weight excluding hydrogens is 374 g/mol. The Labute approximate surface area is 179 Å². The van der Waals surface area contributed by atoms with Gasteiger partial charge in [-0.15, -0.1) is 0 Å². The standard InChI is InChI=1S/C25H33N3O2/c1-18-14-19(2)21(20(3)15-18)16-28-23-11-8-7-10-22(23)27-24(28)12-6-5-9-13-26-25(29)17-30-4/h7-8,10-11,14-15H,5-6,9,12-13,16-17H2,1-4H3,(H,26,29). The monoisotopic (exact) mass is 407 g/mol. The number of carbonyl (C=O) groups excluding carboxylic acids is 1. The van der Waals surface area contributed by atoms with Crippen LogP contribution < -0.4 is 5.32 Å². The van der Waals surface area contributed by atoms with E-state index in [4.69, 9.17) is 9.72 Å². The summed E-state index contributed by atoms with van der Waals surface area (Å²) in [5.74, 6) is 1.09. The number of benzene rings is 2. The molecule has 0 fully saturated rings. The third-order valence-corrected chi connectivity index (χ3v) is 5.56. The summed E-state index contributed by atoms with van der Waals surface area (Å²) in [5.41, 5.74) is 7.61. The largest absolute Gasteiger partial charge is 0.375 e. The Morgan fingerprint density at radius 2 is 1.80 bits per heavy atom. The SMILES string of the molecule is COCC(=O)NCCCCCc1nc2ccccc2n1Cc1c(C)cc(C)cc1C. The first-order valence-corrected chi connectivity index (χ1v) is 10.8. The van der Waals surface area contributed by atoms with E-state index in [1.165, 1.54) is 34.9 Å². The first kappa shape index (κ1) is 22.0. The van der Waals surface area contributed by atoms with Crippen molar-refractivity contribution in [1.82, 2.24) is 14.9 Å². The van der Waals surface area contributed by atoms with Gasteiger partial charge >= 0.3 is 0 Å². The minimum absolute atomic E-state index is 0.0527. The van der Waals surface area contributed by atoms with E-state index in [2.05, 4.69) is 67.1 Å². The Balaban J connectivity index is 1.69. The highest BCUT2D eigenvalue weighted by molar-refractivity contribution is 5.77. The van der Waals surface area contributed by atoms with E-state index in [0.717, 1.165) is 43.6 Å². The molecule has 3 rings (SSSR count). The predicted molar refractivity (Wildman–Crippen MR) is 122 cm³/mol. The second-order valence-corrected chi connectivity index (χ2v) is 8.07. The lowest BCUT2D eigenvalue weighted by Gasteiger charge is -2.15. The average molecular weight is 408 g/mol. The number of para-hydroxylation sites is 2. The van der Waals surface area contributed by atoms with E-state index in [1.54, 1.807) is 0 Å². The number of carbonyl (C=O) groups is 1. The second kappa shape index (κ2) is 10.4. The van der Waals surface area contributed by atoms with Crippen molar-refractivity contribution < 1.29 is 9.53 Å². The fraction of sp³-hybridized carbons (Fsp3) is 0.440. The Hall–Kier alpha value is -2.66. The quantitative estimate of drug-likeness (QED) is 0.504. The van der Waals surface area contributed by atoms with Crippen LogP contribution in [0.1, 0.15) is 47.3 Å². The fourth-order valence-corrected chi connectivity index (χ4v) is 4.10. The highest BCUT2D eigenvalue weighted by Gasteiger charge is 2.13. The fourth-order valence-electron chi connectivity index (χ4n) is 4.10.